The van der Waals surface area contributed by atoms with E-state index in [1.54, 1.807) is 6.20 Å². The molecule has 0 fully saturated rings. The Morgan fingerprint density at radius 3 is 2.95 bits per heavy atom. The van der Waals surface area contributed by atoms with Crippen LogP contribution >= 0.6 is 0 Å². The van der Waals surface area contributed by atoms with Crippen LogP contribution < -0.4 is 5.32 Å². The van der Waals surface area contributed by atoms with Crippen molar-refractivity contribution in [2.24, 2.45) is 0 Å². The van der Waals surface area contributed by atoms with Gasteiger partial charge in [-0.3, -0.25) is 4.68 Å². The third kappa shape index (κ3) is 3.90. The zero-order chi connectivity index (χ0) is 14.4. The summed E-state index contributed by atoms with van der Waals surface area (Å²) in [6.45, 7) is 7.00. The Hall–Kier alpha value is -1.69. The van der Waals surface area contributed by atoms with Crippen LogP contribution in [0.2, 0.25) is 0 Å². The second-order valence-electron chi connectivity index (χ2n) is 5.10. The van der Waals surface area contributed by atoms with Crippen LogP contribution in [0.1, 0.15) is 51.4 Å². The summed E-state index contributed by atoms with van der Waals surface area (Å²) in [6, 6.07) is 2.47. The highest BCUT2D eigenvalue weighted by Gasteiger charge is 2.15. The van der Waals surface area contributed by atoms with E-state index >= 15 is 0 Å². The third-order valence-corrected chi connectivity index (χ3v) is 3.51. The van der Waals surface area contributed by atoms with Crippen LogP contribution in [0.5, 0.6) is 0 Å². The van der Waals surface area contributed by atoms with E-state index in [2.05, 4.69) is 41.3 Å². The van der Waals surface area contributed by atoms with Crippen LogP contribution in [0.15, 0.2) is 23.0 Å². The van der Waals surface area contributed by atoms with Gasteiger partial charge in [0.2, 0.25) is 5.89 Å². The van der Waals surface area contributed by atoms with Crippen LogP contribution in [0.25, 0.3) is 0 Å². The molecule has 0 spiro atoms. The molecular formula is C14H23N5O. The summed E-state index contributed by atoms with van der Waals surface area (Å²) in [5.41, 5.74) is 0. The zero-order valence-electron chi connectivity index (χ0n) is 12.4. The number of rotatable bonds is 8. The molecule has 0 aliphatic carbocycles. The van der Waals surface area contributed by atoms with Gasteiger partial charge < -0.3 is 9.84 Å². The maximum atomic E-state index is 5.24. The summed E-state index contributed by atoms with van der Waals surface area (Å²) in [4.78, 5) is 4.38. The van der Waals surface area contributed by atoms with Gasteiger partial charge in [0.1, 0.15) is 0 Å². The number of aromatic nitrogens is 4. The van der Waals surface area contributed by atoms with Crippen LogP contribution in [0.4, 0.5) is 0 Å². The molecular weight excluding hydrogens is 254 g/mol. The van der Waals surface area contributed by atoms with Crippen molar-refractivity contribution < 1.29 is 4.52 Å². The number of nitrogens with zero attached hydrogens (tertiary/aromatic N) is 4. The molecule has 2 rings (SSSR count). The van der Waals surface area contributed by atoms with Gasteiger partial charge >= 0.3 is 0 Å². The zero-order valence-corrected chi connectivity index (χ0v) is 12.4. The molecule has 0 unspecified atom stereocenters. The van der Waals surface area contributed by atoms with Gasteiger partial charge in [0, 0.05) is 24.9 Å². The lowest BCUT2D eigenvalue weighted by Crippen LogP contribution is -2.33. The Morgan fingerprint density at radius 1 is 1.40 bits per heavy atom. The molecule has 0 saturated carbocycles. The molecule has 2 atom stereocenters. The number of hydrogen-bond acceptors (Lipinski definition) is 5. The second-order valence-corrected chi connectivity index (χ2v) is 5.10. The number of unbranched alkanes of at least 4 members (excludes halogenated alkanes) is 1. The molecule has 0 radical (unpaired) electrons. The molecule has 20 heavy (non-hydrogen) atoms. The fourth-order valence-corrected chi connectivity index (χ4v) is 1.97. The van der Waals surface area contributed by atoms with Gasteiger partial charge in [0.05, 0.1) is 12.6 Å². The van der Waals surface area contributed by atoms with Crippen LogP contribution in [0, 0.1) is 0 Å². The first-order chi connectivity index (χ1) is 9.70. The molecule has 6 heteroatoms. The number of nitrogens with one attached hydrogen (secondary N) is 1. The second kappa shape index (κ2) is 7.19. The van der Waals surface area contributed by atoms with Crippen LogP contribution in [-0.2, 0) is 13.0 Å². The Morgan fingerprint density at radius 2 is 2.25 bits per heavy atom. The highest BCUT2D eigenvalue weighted by Crippen LogP contribution is 2.10. The predicted octanol–water partition coefficient (Wildman–Crippen LogP) is 2.35. The first-order valence-electron chi connectivity index (χ1n) is 7.24. The lowest BCUT2D eigenvalue weighted by Gasteiger charge is -2.20. The van der Waals surface area contributed by atoms with Crippen molar-refractivity contribution in [3.63, 3.8) is 0 Å². The SMILES string of the molecule is CCCCc1noc(CN[C@H](C)[C@H](C)n2cccn2)n1. The van der Waals surface area contributed by atoms with E-state index in [4.69, 9.17) is 4.52 Å². The molecule has 0 bridgehead atoms. The minimum atomic E-state index is 0.265. The van der Waals surface area contributed by atoms with Crippen LogP contribution in [-0.4, -0.2) is 26.0 Å². The lowest BCUT2D eigenvalue weighted by atomic mass is 10.2. The Bertz CT molecular complexity index is 493. The van der Waals surface area contributed by atoms with Crippen molar-refractivity contribution in [1.82, 2.24) is 25.2 Å². The van der Waals surface area contributed by atoms with Crippen molar-refractivity contribution in [1.29, 1.82) is 0 Å². The van der Waals surface area contributed by atoms with Gasteiger partial charge in [-0.1, -0.05) is 18.5 Å². The first kappa shape index (κ1) is 14.7. The fourth-order valence-electron chi connectivity index (χ4n) is 1.97. The monoisotopic (exact) mass is 277 g/mol. The van der Waals surface area contributed by atoms with Crippen molar-refractivity contribution in [3.05, 3.63) is 30.2 Å². The summed E-state index contributed by atoms with van der Waals surface area (Å²) in [7, 11) is 0. The van der Waals surface area contributed by atoms with Crippen molar-refractivity contribution in [2.45, 2.75) is 58.7 Å². The molecule has 1 N–H and O–H groups in total. The maximum Gasteiger partial charge on any atom is 0.240 e. The predicted molar refractivity (Wildman–Crippen MR) is 76.1 cm³/mol. The molecule has 2 aromatic rings. The number of hydrogen-bond donors (Lipinski definition) is 1. The normalized spacial score (nSPS) is 14.3. The van der Waals surface area contributed by atoms with E-state index in [0.29, 0.717) is 12.4 Å². The van der Waals surface area contributed by atoms with Gasteiger partial charge in [0.15, 0.2) is 5.82 Å². The van der Waals surface area contributed by atoms with E-state index in [1.165, 1.54) is 0 Å². The first-order valence-corrected chi connectivity index (χ1v) is 7.24. The molecule has 0 aliphatic heterocycles. The van der Waals surface area contributed by atoms with E-state index in [-0.39, 0.29) is 12.1 Å². The summed E-state index contributed by atoms with van der Waals surface area (Å²) in [5, 5.41) is 11.6. The Kier molecular flexibility index (Phi) is 5.29. The van der Waals surface area contributed by atoms with Crippen LogP contribution in [0.3, 0.4) is 0 Å². The average molecular weight is 277 g/mol. The van der Waals surface area contributed by atoms with Gasteiger partial charge in [-0.05, 0) is 26.3 Å². The Balaban J connectivity index is 1.81. The highest BCUT2D eigenvalue weighted by atomic mass is 16.5. The van der Waals surface area contributed by atoms with E-state index < -0.39 is 0 Å². The van der Waals surface area contributed by atoms with Crippen molar-refractivity contribution >= 4 is 0 Å². The van der Waals surface area contributed by atoms with Gasteiger partial charge in [-0.15, -0.1) is 0 Å². The maximum absolute atomic E-state index is 5.24. The molecule has 0 saturated heterocycles. The lowest BCUT2D eigenvalue weighted by molar-refractivity contribution is 0.323. The quantitative estimate of drug-likeness (QED) is 0.802. The molecule has 2 heterocycles. The minimum absolute atomic E-state index is 0.265. The minimum Gasteiger partial charge on any atom is -0.338 e. The summed E-state index contributed by atoms with van der Waals surface area (Å²) >= 11 is 0. The van der Waals surface area contributed by atoms with E-state index in [1.807, 2.05) is 16.9 Å². The highest BCUT2D eigenvalue weighted by molar-refractivity contribution is 4.88. The smallest absolute Gasteiger partial charge is 0.240 e. The van der Waals surface area contributed by atoms with Gasteiger partial charge in [-0.2, -0.15) is 10.1 Å². The van der Waals surface area contributed by atoms with Gasteiger partial charge in [-0.25, -0.2) is 0 Å². The molecule has 110 valence electrons. The molecule has 0 aliphatic rings. The third-order valence-electron chi connectivity index (χ3n) is 3.51. The molecule has 6 nitrogen and oxygen atoms in total. The van der Waals surface area contributed by atoms with E-state index in [0.717, 1.165) is 25.1 Å². The van der Waals surface area contributed by atoms with Crippen molar-refractivity contribution in [3.8, 4) is 0 Å². The van der Waals surface area contributed by atoms with E-state index in [9.17, 15) is 0 Å². The largest absolute Gasteiger partial charge is 0.338 e. The summed E-state index contributed by atoms with van der Waals surface area (Å²) in [6.07, 6.45) is 6.89. The molecule has 2 aromatic heterocycles. The Labute approximate surface area is 119 Å². The summed E-state index contributed by atoms with van der Waals surface area (Å²) in [5.74, 6) is 1.45. The summed E-state index contributed by atoms with van der Waals surface area (Å²) < 4.78 is 7.18. The topological polar surface area (TPSA) is 68.8 Å². The molecule has 0 amide bonds. The molecule has 0 aromatic carbocycles. The standard InChI is InChI=1S/C14H23N5O/c1-4-5-7-13-17-14(20-18-13)10-15-11(2)12(3)19-9-6-8-16-19/h6,8-9,11-12,15H,4-5,7,10H2,1-3H3/t11-,12+/m1/s1. The van der Waals surface area contributed by atoms with Crippen molar-refractivity contribution in [2.75, 3.05) is 0 Å². The van der Waals surface area contributed by atoms with Gasteiger partial charge in [0.25, 0.3) is 0 Å². The number of aryl methyl sites for hydroxylation is 1. The fraction of sp³-hybridized carbons (Fsp3) is 0.643. The average Bonchev–Trinajstić information content (AvgIpc) is 3.13.